The maximum atomic E-state index is 10.9. The van der Waals surface area contributed by atoms with Crippen molar-refractivity contribution in [3.05, 3.63) is 29.8 Å². The number of hydrogen-bond acceptors (Lipinski definition) is 2. The molecule has 1 aromatic rings. The standard InChI is InChI=1S/C14H22O3S.Na.H/c1-3-4-5-6-7-12(2)13-8-10-14(11-9-13)18(15,16)17;;/h8-12H,3-7H2,1-2H3,(H,15,16,17);;/q;+1;-1. The fourth-order valence-electron chi connectivity index (χ4n) is 2.01. The molecule has 19 heavy (non-hydrogen) atoms. The molecule has 0 heterocycles. The maximum absolute atomic E-state index is 10.9. The van der Waals surface area contributed by atoms with Gasteiger partial charge in [-0.1, -0.05) is 51.7 Å². The number of benzene rings is 1. The molecule has 1 N–H and O–H groups in total. The van der Waals surface area contributed by atoms with Crippen molar-refractivity contribution in [3.8, 4) is 0 Å². The van der Waals surface area contributed by atoms with E-state index in [1.165, 1.54) is 37.8 Å². The van der Waals surface area contributed by atoms with Crippen LogP contribution in [0.4, 0.5) is 0 Å². The van der Waals surface area contributed by atoms with Crippen LogP contribution in [0.15, 0.2) is 29.2 Å². The summed E-state index contributed by atoms with van der Waals surface area (Å²) in [6.45, 7) is 4.34. The molecule has 1 atom stereocenters. The Labute approximate surface area is 140 Å². The minimum atomic E-state index is -4.07. The molecule has 0 spiro atoms. The summed E-state index contributed by atoms with van der Waals surface area (Å²) < 4.78 is 30.7. The van der Waals surface area contributed by atoms with Crippen molar-refractivity contribution in [2.75, 3.05) is 0 Å². The zero-order chi connectivity index (χ0) is 13.6. The number of hydrogen-bond donors (Lipinski definition) is 1. The van der Waals surface area contributed by atoms with Crippen LogP contribution < -0.4 is 29.6 Å². The van der Waals surface area contributed by atoms with Gasteiger partial charge in [0, 0.05) is 0 Å². The Morgan fingerprint density at radius 2 is 1.74 bits per heavy atom. The van der Waals surface area contributed by atoms with Gasteiger partial charge in [-0.05, 0) is 30.0 Å². The molecule has 0 aliphatic heterocycles. The summed E-state index contributed by atoms with van der Waals surface area (Å²) in [6.07, 6.45) is 6.08. The van der Waals surface area contributed by atoms with Crippen LogP contribution in [0.1, 0.15) is 58.9 Å². The van der Waals surface area contributed by atoms with E-state index in [1.807, 2.05) is 0 Å². The molecule has 0 aromatic heterocycles. The third-order valence-corrected chi connectivity index (χ3v) is 4.11. The van der Waals surface area contributed by atoms with E-state index in [0.29, 0.717) is 5.92 Å². The predicted octanol–water partition coefficient (Wildman–Crippen LogP) is 1.12. The van der Waals surface area contributed by atoms with Crippen LogP contribution in [-0.2, 0) is 10.1 Å². The molecular formula is C14H23NaO3S. The molecule has 0 amide bonds. The van der Waals surface area contributed by atoms with Gasteiger partial charge in [-0.25, -0.2) is 0 Å². The van der Waals surface area contributed by atoms with Gasteiger partial charge in [0.05, 0.1) is 4.90 Å². The van der Waals surface area contributed by atoms with E-state index in [0.717, 1.165) is 12.0 Å². The van der Waals surface area contributed by atoms with E-state index in [9.17, 15) is 8.42 Å². The van der Waals surface area contributed by atoms with E-state index >= 15 is 0 Å². The van der Waals surface area contributed by atoms with E-state index in [2.05, 4.69) is 13.8 Å². The van der Waals surface area contributed by atoms with Gasteiger partial charge in [-0.3, -0.25) is 4.55 Å². The second-order valence-electron chi connectivity index (χ2n) is 4.79. The molecule has 1 unspecified atom stereocenters. The van der Waals surface area contributed by atoms with Crippen molar-refractivity contribution in [1.82, 2.24) is 0 Å². The smallest absolute Gasteiger partial charge is 1.00 e. The average Bonchev–Trinajstić information content (AvgIpc) is 2.33. The summed E-state index contributed by atoms with van der Waals surface area (Å²) in [5.74, 6) is 0.428. The first kappa shape index (κ1) is 19.1. The van der Waals surface area contributed by atoms with Crippen LogP contribution in [0.25, 0.3) is 0 Å². The molecule has 5 heteroatoms. The zero-order valence-electron chi connectivity index (χ0n) is 13.1. The Morgan fingerprint density at radius 1 is 1.16 bits per heavy atom. The molecule has 0 bridgehead atoms. The van der Waals surface area contributed by atoms with Crippen molar-refractivity contribution in [3.63, 3.8) is 0 Å². The van der Waals surface area contributed by atoms with Crippen molar-refractivity contribution in [2.45, 2.75) is 56.8 Å². The molecule has 0 aliphatic carbocycles. The Balaban J connectivity index is 0. The Morgan fingerprint density at radius 3 is 2.21 bits per heavy atom. The van der Waals surface area contributed by atoms with Crippen LogP contribution in [0.2, 0.25) is 0 Å². The first-order chi connectivity index (χ1) is 8.45. The predicted molar refractivity (Wildman–Crippen MR) is 74.5 cm³/mol. The summed E-state index contributed by atoms with van der Waals surface area (Å²) in [5.41, 5.74) is 1.12. The van der Waals surface area contributed by atoms with Crippen molar-refractivity contribution >= 4 is 10.1 Å². The summed E-state index contributed by atoms with van der Waals surface area (Å²) in [5, 5.41) is 0. The monoisotopic (exact) mass is 294 g/mol. The Bertz CT molecular complexity index is 460. The quantitative estimate of drug-likeness (QED) is 0.466. The van der Waals surface area contributed by atoms with Crippen LogP contribution in [0.3, 0.4) is 0 Å². The normalized spacial score (nSPS) is 12.8. The molecule has 0 fully saturated rings. The summed E-state index contributed by atoms with van der Waals surface area (Å²) in [4.78, 5) is -0.0376. The van der Waals surface area contributed by atoms with Gasteiger partial charge >= 0.3 is 29.6 Å². The largest absolute Gasteiger partial charge is 1.00 e. The molecule has 0 aliphatic rings. The van der Waals surface area contributed by atoms with Crippen LogP contribution in [0.5, 0.6) is 0 Å². The van der Waals surface area contributed by atoms with Crippen molar-refractivity contribution in [1.29, 1.82) is 0 Å². The molecule has 0 radical (unpaired) electrons. The van der Waals surface area contributed by atoms with Gasteiger partial charge < -0.3 is 1.43 Å². The SMILES string of the molecule is CCCCCCC(C)c1ccc(S(=O)(=O)O)cc1.[H-].[Na+]. The number of rotatable bonds is 7. The van der Waals surface area contributed by atoms with Crippen LogP contribution >= 0.6 is 0 Å². The van der Waals surface area contributed by atoms with Crippen LogP contribution in [0, 0.1) is 0 Å². The Kier molecular flexibility index (Phi) is 9.20. The third-order valence-electron chi connectivity index (χ3n) is 3.24. The van der Waals surface area contributed by atoms with E-state index in [1.54, 1.807) is 12.1 Å². The first-order valence-electron chi connectivity index (χ1n) is 6.52. The van der Waals surface area contributed by atoms with Gasteiger partial charge in [-0.15, -0.1) is 0 Å². The maximum Gasteiger partial charge on any atom is 1.00 e. The summed E-state index contributed by atoms with van der Waals surface area (Å²) >= 11 is 0. The van der Waals surface area contributed by atoms with Gasteiger partial charge in [0.1, 0.15) is 0 Å². The van der Waals surface area contributed by atoms with Gasteiger partial charge in [0.25, 0.3) is 10.1 Å². The Hall–Kier alpha value is 0.130. The minimum absolute atomic E-state index is 0. The molecule has 0 saturated heterocycles. The fourth-order valence-corrected chi connectivity index (χ4v) is 2.49. The molecule has 3 nitrogen and oxygen atoms in total. The molecule has 0 saturated carbocycles. The third kappa shape index (κ3) is 6.91. The van der Waals surface area contributed by atoms with Gasteiger partial charge in [0.15, 0.2) is 0 Å². The van der Waals surface area contributed by atoms with Crippen molar-refractivity contribution < 1.29 is 44.0 Å². The summed E-state index contributed by atoms with van der Waals surface area (Å²) in [6, 6.07) is 6.50. The van der Waals surface area contributed by atoms with Gasteiger partial charge in [-0.2, -0.15) is 8.42 Å². The van der Waals surface area contributed by atoms with E-state index in [-0.39, 0.29) is 35.9 Å². The van der Waals surface area contributed by atoms with Gasteiger partial charge in [0.2, 0.25) is 0 Å². The first-order valence-corrected chi connectivity index (χ1v) is 7.96. The average molecular weight is 294 g/mol. The second-order valence-corrected chi connectivity index (χ2v) is 6.22. The zero-order valence-corrected chi connectivity index (χ0v) is 14.9. The molecule has 1 rings (SSSR count). The fraction of sp³-hybridized carbons (Fsp3) is 0.571. The summed E-state index contributed by atoms with van der Waals surface area (Å²) in [7, 11) is -4.07. The van der Waals surface area contributed by atoms with E-state index in [4.69, 9.17) is 4.55 Å². The molecular weight excluding hydrogens is 271 g/mol. The second kappa shape index (κ2) is 9.14. The van der Waals surface area contributed by atoms with Crippen LogP contribution in [-0.4, -0.2) is 13.0 Å². The minimum Gasteiger partial charge on any atom is -1.00 e. The topological polar surface area (TPSA) is 54.4 Å². The van der Waals surface area contributed by atoms with Crippen molar-refractivity contribution in [2.24, 2.45) is 0 Å². The van der Waals surface area contributed by atoms with E-state index < -0.39 is 10.1 Å². The number of unbranched alkanes of at least 4 members (excludes halogenated alkanes) is 3. The molecule has 1 aromatic carbocycles. The molecule has 104 valence electrons.